The first-order chi connectivity index (χ1) is 11.6. The molecule has 0 spiro atoms. The van der Waals surface area contributed by atoms with Gasteiger partial charge >= 0.3 is 0 Å². The van der Waals surface area contributed by atoms with Crippen molar-refractivity contribution in [3.05, 3.63) is 53.9 Å². The molecule has 1 saturated heterocycles. The van der Waals surface area contributed by atoms with Gasteiger partial charge in [0.15, 0.2) is 0 Å². The van der Waals surface area contributed by atoms with Gasteiger partial charge in [-0.15, -0.1) is 0 Å². The molecule has 1 amide bonds. The molecule has 2 aromatic rings. The lowest BCUT2D eigenvalue weighted by Gasteiger charge is -2.29. The number of aromatic nitrogens is 2. The summed E-state index contributed by atoms with van der Waals surface area (Å²) in [4.78, 5) is 14.4. The van der Waals surface area contributed by atoms with Gasteiger partial charge in [-0.05, 0) is 19.5 Å². The average Bonchev–Trinajstić information content (AvgIpc) is 3.04. The van der Waals surface area contributed by atoms with Crippen LogP contribution in [0.1, 0.15) is 24.1 Å². The predicted molar refractivity (Wildman–Crippen MR) is 91.6 cm³/mol. The molecule has 1 aliphatic rings. The van der Waals surface area contributed by atoms with Gasteiger partial charge in [0.2, 0.25) is 0 Å². The Morgan fingerprint density at radius 1 is 1.42 bits per heavy atom. The molecule has 1 aromatic carbocycles. The fourth-order valence-corrected chi connectivity index (χ4v) is 2.79. The Bertz CT molecular complexity index is 671. The van der Waals surface area contributed by atoms with Crippen molar-refractivity contribution in [2.75, 3.05) is 26.7 Å². The van der Waals surface area contributed by atoms with Gasteiger partial charge in [0.1, 0.15) is 6.10 Å². The zero-order valence-corrected chi connectivity index (χ0v) is 14.2. The van der Waals surface area contributed by atoms with Crippen LogP contribution in [0.2, 0.25) is 0 Å². The molecule has 2 heterocycles. The number of benzene rings is 1. The van der Waals surface area contributed by atoms with Crippen molar-refractivity contribution in [2.24, 2.45) is 0 Å². The molecule has 3 rings (SSSR count). The molecule has 6 heteroatoms. The first kappa shape index (κ1) is 16.7. The highest BCUT2D eigenvalue weighted by Crippen LogP contribution is 2.13. The van der Waals surface area contributed by atoms with Crippen LogP contribution >= 0.6 is 0 Å². The number of morpholine rings is 1. The number of hydrogen-bond donors (Lipinski definition) is 1. The Balaban J connectivity index is 1.57. The lowest BCUT2D eigenvalue weighted by molar-refractivity contribution is -0.138. The number of carbonyl (C=O) groups is 1. The summed E-state index contributed by atoms with van der Waals surface area (Å²) in [5.41, 5.74) is 2.19. The molecular formula is C18H24N4O2. The van der Waals surface area contributed by atoms with Gasteiger partial charge in [-0.2, -0.15) is 5.10 Å². The van der Waals surface area contributed by atoms with Crippen LogP contribution in [0.4, 0.5) is 0 Å². The highest BCUT2D eigenvalue weighted by Gasteiger charge is 2.26. The summed E-state index contributed by atoms with van der Waals surface area (Å²) in [6.07, 6.45) is 3.39. The zero-order valence-electron chi connectivity index (χ0n) is 14.2. The molecule has 0 unspecified atom stereocenters. The molecule has 2 atom stereocenters. The molecule has 0 aliphatic carbocycles. The number of rotatable bonds is 5. The Morgan fingerprint density at radius 3 is 2.96 bits per heavy atom. The topological polar surface area (TPSA) is 59.4 Å². The van der Waals surface area contributed by atoms with E-state index in [0.29, 0.717) is 13.2 Å². The van der Waals surface area contributed by atoms with E-state index in [4.69, 9.17) is 4.74 Å². The summed E-state index contributed by atoms with van der Waals surface area (Å²) in [7, 11) is 2.00. The van der Waals surface area contributed by atoms with E-state index >= 15 is 0 Å². The van der Waals surface area contributed by atoms with Crippen LogP contribution in [0, 0.1) is 0 Å². The van der Waals surface area contributed by atoms with E-state index < -0.39 is 6.10 Å². The summed E-state index contributed by atoms with van der Waals surface area (Å²) in [5, 5.41) is 7.41. The number of carbonyl (C=O) groups excluding carboxylic acids is 1. The van der Waals surface area contributed by atoms with E-state index in [9.17, 15) is 4.79 Å². The van der Waals surface area contributed by atoms with E-state index in [2.05, 4.69) is 27.4 Å². The van der Waals surface area contributed by atoms with Crippen LogP contribution in [0.25, 0.3) is 0 Å². The highest BCUT2D eigenvalue weighted by atomic mass is 16.5. The Labute approximate surface area is 142 Å². The smallest absolute Gasteiger partial charge is 0.250 e. The van der Waals surface area contributed by atoms with E-state index in [1.54, 1.807) is 0 Å². The number of amides is 1. The van der Waals surface area contributed by atoms with Gasteiger partial charge in [0.25, 0.3) is 5.91 Å². The molecule has 1 N–H and O–H groups in total. The van der Waals surface area contributed by atoms with E-state index in [1.807, 2.05) is 49.2 Å². The monoisotopic (exact) mass is 328 g/mol. The van der Waals surface area contributed by atoms with Crippen LogP contribution in [0.5, 0.6) is 0 Å². The number of hydrogen-bond acceptors (Lipinski definition) is 4. The molecular weight excluding hydrogens is 304 g/mol. The lowest BCUT2D eigenvalue weighted by atomic mass is 10.1. The predicted octanol–water partition coefficient (Wildman–Crippen LogP) is 1.44. The van der Waals surface area contributed by atoms with E-state index in [-0.39, 0.29) is 11.9 Å². The van der Waals surface area contributed by atoms with Crippen LogP contribution < -0.4 is 5.32 Å². The second-order valence-corrected chi connectivity index (χ2v) is 6.31. The van der Waals surface area contributed by atoms with Crippen LogP contribution in [-0.4, -0.2) is 53.4 Å². The van der Waals surface area contributed by atoms with Crippen molar-refractivity contribution < 1.29 is 9.53 Å². The summed E-state index contributed by atoms with van der Waals surface area (Å²) < 4.78 is 7.44. The summed E-state index contributed by atoms with van der Waals surface area (Å²) >= 11 is 0. The van der Waals surface area contributed by atoms with E-state index in [0.717, 1.165) is 18.7 Å². The third-order valence-electron chi connectivity index (χ3n) is 4.26. The molecule has 1 fully saturated rings. The van der Waals surface area contributed by atoms with Gasteiger partial charge in [-0.25, -0.2) is 0 Å². The maximum atomic E-state index is 12.3. The SMILES string of the molecule is C[C@H](NC(=O)[C@@H]1CN(C)CCO1)c1cnn(Cc2ccccc2)c1. The molecule has 1 aromatic heterocycles. The van der Waals surface area contributed by atoms with Crippen LogP contribution in [0.15, 0.2) is 42.7 Å². The maximum absolute atomic E-state index is 12.3. The molecule has 0 bridgehead atoms. The fourth-order valence-electron chi connectivity index (χ4n) is 2.79. The van der Waals surface area contributed by atoms with Crippen molar-refractivity contribution in [3.63, 3.8) is 0 Å². The second kappa shape index (κ2) is 7.59. The third-order valence-corrected chi connectivity index (χ3v) is 4.26. The number of nitrogens with one attached hydrogen (secondary N) is 1. The fraction of sp³-hybridized carbons (Fsp3) is 0.444. The number of ether oxygens (including phenoxy) is 1. The second-order valence-electron chi connectivity index (χ2n) is 6.31. The number of likely N-dealkylation sites (N-methyl/N-ethyl adjacent to an activating group) is 1. The maximum Gasteiger partial charge on any atom is 0.250 e. The largest absolute Gasteiger partial charge is 0.366 e. The Morgan fingerprint density at radius 2 is 2.21 bits per heavy atom. The van der Waals surface area contributed by atoms with Crippen LogP contribution in [0.3, 0.4) is 0 Å². The van der Waals surface area contributed by atoms with Crippen molar-refractivity contribution in [2.45, 2.75) is 25.6 Å². The molecule has 6 nitrogen and oxygen atoms in total. The summed E-state index contributed by atoms with van der Waals surface area (Å²) in [6.45, 7) is 4.78. The van der Waals surface area contributed by atoms with Crippen molar-refractivity contribution in [3.8, 4) is 0 Å². The zero-order chi connectivity index (χ0) is 16.9. The first-order valence-electron chi connectivity index (χ1n) is 8.28. The van der Waals surface area contributed by atoms with Crippen molar-refractivity contribution in [1.82, 2.24) is 20.0 Å². The number of nitrogens with zero attached hydrogens (tertiary/aromatic N) is 3. The van der Waals surface area contributed by atoms with Gasteiger partial charge in [-0.1, -0.05) is 30.3 Å². The standard InChI is InChI=1S/C18H24N4O2/c1-14(20-18(23)17-13-21(2)8-9-24-17)16-10-19-22(12-16)11-15-6-4-3-5-7-15/h3-7,10,12,14,17H,8-9,11,13H2,1-2H3,(H,20,23)/t14-,17-/m0/s1. The summed E-state index contributed by atoms with van der Waals surface area (Å²) in [6, 6.07) is 10.1. The minimum absolute atomic E-state index is 0.0649. The average molecular weight is 328 g/mol. The molecule has 24 heavy (non-hydrogen) atoms. The highest BCUT2D eigenvalue weighted by molar-refractivity contribution is 5.81. The quantitative estimate of drug-likeness (QED) is 0.902. The Kier molecular flexibility index (Phi) is 5.27. The van der Waals surface area contributed by atoms with E-state index in [1.165, 1.54) is 5.56 Å². The molecule has 128 valence electrons. The summed E-state index contributed by atoms with van der Waals surface area (Å²) in [5.74, 6) is -0.0649. The van der Waals surface area contributed by atoms with Gasteiger partial charge in [-0.3, -0.25) is 9.48 Å². The first-order valence-corrected chi connectivity index (χ1v) is 8.28. The Hall–Kier alpha value is -2.18. The van der Waals surface area contributed by atoms with Crippen molar-refractivity contribution >= 4 is 5.91 Å². The van der Waals surface area contributed by atoms with Crippen LogP contribution in [-0.2, 0) is 16.1 Å². The van der Waals surface area contributed by atoms with Gasteiger partial charge in [0, 0.05) is 24.8 Å². The van der Waals surface area contributed by atoms with Gasteiger partial charge < -0.3 is 15.0 Å². The lowest BCUT2D eigenvalue weighted by Crippen LogP contribution is -2.48. The van der Waals surface area contributed by atoms with Gasteiger partial charge in [0.05, 0.1) is 25.4 Å². The molecule has 0 saturated carbocycles. The molecule has 1 aliphatic heterocycles. The minimum atomic E-state index is -0.398. The normalized spacial score (nSPS) is 19.8. The minimum Gasteiger partial charge on any atom is -0.366 e. The molecule has 0 radical (unpaired) electrons. The van der Waals surface area contributed by atoms with Crippen molar-refractivity contribution in [1.29, 1.82) is 0 Å². The third kappa shape index (κ3) is 4.21.